The first-order valence-corrected chi connectivity index (χ1v) is 10.1. The van der Waals surface area contributed by atoms with Crippen molar-refractivity contribution < 1.29 is 17.5 Å². The van der Waals surface area contributed by atoms with Crippen molar-refractivity contribution in [2.75, 3.05) is 7.11 Å². The highest BCUT2D eigenvalue weighted by Gasteiger charge is 2.11. The van der Waals surface area contributed by atoms with E-state index in [1.165, 1.54) is 30.3 Å². The van der Waals surface area contributed by atoms with Crippen molar-refractivity contribution in [3.63, 3.8) is 0 Å². The van der Waals surface area contributed by atoms with E-state index in [2.05, 4.69) is 16.2 Å². The van der Waals surface area contributed by atoms with E-state index >= 15 is 0 Å². The fraction of sp³-hybridized carbons (Fsp3) is 0.0870. The lowest BCUT2D eigenvalue weighted by atomic mass is 10.1. The van der Waals surface area contributed by atoms with Gasteiger partial charge in [0.1, 0.15) is 11.6 Å². The Hall–Kier alpha value is -3.43. The molecule has 0 N–H and O–H groups in total. The number of sulfonamides is 1. The molecule has 0 amide bonds. The lowest BCUT2D eigenvalue weighted by Gasteiger charge is -2.01. The maximum Gasteiger partial charge on any atom is 0.282 e. The van der Waals surface area contributed by atoms with Gasteiger partial charge in [0.25, 0.3) is 10.0 Å². The molecular formula is C23H18FNO3S. The average Bonchev–Trinajstić information content (AvgIpc) is 2.72. The second-order valence-electron chi connectivity index (χ2n) is 6.23. The fourth-order valence-corrected chi connectivity index (χ4v) is 3.32. The third-order valence-electron chi connectivity index (χ3n) is 4.09. The smallest absolute Gasteiger partial charge is 0.282 e. The Bertz CT molecular complexity index is 1200. The van der Waals surface area contributed by atoms with Gasteiger partial charge in [0.2, 0.25) is 0 Å². The molecule has 0 unspecified atom stereocenters. The van der Waals surface area contributed by atoms with Crippen molar-refractivity contribution in [3.05, 3.63) is 94.8 Å². The highest BCUT2D eigenvalue weighted by atomic mass is 32.2. The van der Waals surface area contributed by atoms with E-state index in [1.54, 1.807) is 43.5 Å². The standard InChI is InChI=1S/C23H18FNO3S/c1-17-3-13-23(14-4-17)29(26,27)25-16-20-15-21(24)10-9-19(20)8-5-18-6-11-22(28-2)12-7-18/h3-4,6-7,9-16H,1-2H3/b25-16+. The van der Waals surface area contributed by atoms with Crippen molar-refractivity contribution in [3.8, 4) is 17.6 Å². The molecule has 6 heteroatoms. The first-order valence-electron chi connectivity index (χ1n) is 8.70. The van der Waals surface area contributed by atoms with Gasteiger partial charge >= 0.3 is 0 Å². The summed E-state index contributed by atoms with van der Waals surface area (Å²) in [4.78, 5) is 0.0709. The quantitative estimate of drug-likeness (QED) is 0.477. The first-order chi connectivity index (χ1) is 13.9. The number of methoxy groups -OCH3 is 1. The van der Waals surface area contributed by atoms with Crippen LogP contribution in [0, 0.1) is 24.6 Å². The number of rotatable bonds is 4. The van der Waals surface area contributed by atoms with Gasteiger partial charge in [-0.05, 0) is 61.5 Å². The Morgan fingerprint density at radius 3 is 2.31 bits per heavy atom. The zero-order valence-electron chi connectivity index (χ0n) is 15.9. The number of halogens is 1. The van der Waals surface area contributed by atoms with Crippen molar-refractivity contribution in [2.24, 2.45) is 4.40 Å². The van der Waals surface area contributed by atoms with Gasteiger partial charge in [-0.3, -0.25) is 0 Å². The lowest BCUT2D eigenvalue weighted by Crippen LogP contribution is -1.99. The third kappa shape index (κ3) is 5.31. The Morgan fingerprint density at radius 1 is 0.966 bits per heavy atom. The Labute approximate surface area is 169 Å². The summed E-state index contributed by atoms with van der Waals surface area (Å²) >= 11 is 0. The molecule has 29 heavy (non-hydrogen) atoms. The molecule has 0 fully saturated rings. The lowest BCUT2D eigenvalue weighted by molar-refractivity contribution is 0.415. The van der Waals surface area contributed by atoms with Gasteiger partial charge in [0, 0.05) is 22.9 Å². The highest BCUT2D eigenvalue weighted by Crippen LogP contribution is 2.15. The van der Waals surface area contributed by atoms with Crippen LogP contribution in [0.2, 0.25) is 0 Å². The van der Waals surface area contributed by atoms with Gasteiger partial charge in [-0.15, -0.1) is 0 Å². The summed E-state index contributed by atoms with van der Waals surface area (Å²) in [5.41, 5.74) is 2.42. The highest BCUT2D eigenvalue weighted by molar-refractivity contribution is 7.90. The molecule has 0 radical (unpaired) electrons. The van der Waals surface area contributed by atoms with Gasteiger partial charge < -0.3 is 4.74 Å². The fourth-order valence-electron chi connectivity index (χ4n) is 2.47. The predicted octanol–water partition coefficient (Wildman–Crippen LogP) is 4.35. The monoisotopic (exact) mass is 407 g/mol. The molecule has 3 aromatic carbocycles. The first kappa shape index (κ1) is 20.3. The molecule has 0 spiro atoms. The zero-order valence-corrected chi connectivity index (χ0v) is 16.7. The van der Waals surface area contributed by atoms with E-state index in [4.69, 9.17) is 4.74 Å². The third-order valence-corrected chi connectivity index (χ3v) is 5.35. The number of ether oxygens (including phenoxy) is 1. The maximum atomic E-state index is 13.7. The molecular weight excluding hydrogens is 389 g/mol. The normalized spacial score (nSPS) is 11.1. The van der Waals surface area contributed by atoms with Gasteiger partial charge in [-0.25, -0.2) is 4.39 Å². The van der Waals surface area contributed by atoms with Crippen LogP contribution in [0.15, 0.2) is 76.0 Å². The van der Waals surface area contributed by atoms with E-state index in [0.29, 0.717) is 11.3 Å². The summed E-state index contributed by atoms with van der Waals surface area (Å²) in [5, 5.41) is 0. The minimum Gasteiger partial charge on any atom is -0.497 e. The minimum atomic E-state index is -3.89. The van der Waals surface area contributed by atoms with Crippen LogP contribution in [0.3, 0.4) is 0 Å². The zero-order chi connectivity index (χ0) is 20.9. The van der Waals surface area contributed by atoms with Crippen molar-refractivity contribution in [1.82, 2.24) is 0 Å². The molecule has 0 heterocycles. The Kier molecular flexibility index (Phi) is 6.10. The summed E-state index contributed by atoms with van der Waals surface area (Å²) in [5.74, 6) is 6.11. The molecule has 0 aliphatic rings. The van der Waals surface area contributed by atoms with Crippen LogP contribution in [0.25, 0.3) is 0 Å². The number of aryl methyl sites for hydroxylation is 1. The second-order valence-corrected chi connectivity index (χ2v) is 7.87. The molecule has 146 valence electrons. The molecule has 0 saturated heterocycles. The van der Waals surface area contributed by atoms with E-state index < -0.39 is 15.8 Å². The predicted molar refractivity (Wildman–Crippen MR) is 111 cm³/mol. The maximum absolute atomic E-state index is 13.7. The molecule has 3 aromatic rings. The molecule has 0 aliphatic carbocycles. The Balaban J connectivity index is 1.92. The van der Waals surface area contributed by atoms with Crippen LogP contribution in [0.1, 0.15) is 22.3 Å². The molecule has 0 aromatic heterocycles. The average molecular weight is 407 g/mol. The number of benzene rings is 3. The molecule has 3 rings (SSSR count). The van der Waals surface area contributed by atoms with Crippen molar-refractivity contribution in [2.45, 2.75) is 11.8 Å². The van der Waals surface area contributed by atoms with Crippen LogP contribution in [-0.4, -0.2) is 21.7 Å². The Morgan fingerprint density at radius 2 is 1.66 bits per heavy atom. The topological polar surface area (TPSA) is 55.7 Å². The number of hydrogen-bond donors (Lipinski definition) is 0. The molecule has 4 nitrogen and oxygen atoms in total. The minimum absolute atomic E-state index is 0.0709. The van der Waals surface area contributed by atoms with Crippen LogP contribution in [-0.2, 0) is 10.0 Å². The van der Waals surface area contributed by atoms with E-state index in [1.807, 2.05) is 6.92 Å². The number of hydrogen-bond acceptors (Lipinski definition) is 3. The molecule has 0 aliphatic heterocycles. The summed E-state index contributed by atoms with van der Waals surface area (Å²) in [7, 11) is -2.32. The summed E-state index contributed by atoms with van der Waals surface area (Å²) in [6.07, 6.45) is 1.12. The SMILES string of the molecule is COc1ccc(C#Cc2ccc(F)cc2/C=N/S(=O)(=O)c2ccc(C)cc2)cc1. The van der Waals surface area contributed by atoms with E-state index in [-0.39, 0.29) is 10.5 Å². The van der Waals surface area contributed by atoms with Crippen LogP contribution < -0.4 is 4.74 Å². The van der Waals surface area contributed by atoms with Gasteiger partial charge in [0.05, 0.1) is 12.0 Å². The molecule has 0 atom stereocenters. The van der Waals surface area contributed by atoms with Crippen LogP contribution in [0.4, 0.5) is 4.39 Å². The second kappa shape index (κ2) is 8.72. The largest absolute Gasteiger partial charge is 0.497 e. The van der Waals surface area contributed by atoms with Crippen LogP contribution >= 0.6 is 0 Å². The summed E-state index contributed by atoms with van der Waals surface area (Å²) in [6.45, 7) is 1.86. The van der Waals surface area contributed by atoms with Crippen molar-refractivity contribution >= 4 is 16.2 Å². The van der Waals surface area contributed by atoms with Gasteiger partial charge in [-0.1, -0.05) is 29.5 Å². The molecule has 0 saturated carbocycles. The number of nitrogens with zero attached hydrogens (tertiary/aromatic N) is 1. The van der Waals surface area contributed by atoms with Crippen LogP contribution in [0.5, 0.6) is 5.75 Å². The van der Waals surface area contributed by atoms with Gasteiger partial charge in [0.15, 0.2) is 0 Å². The van der Waals surface area contributed by atoms with E-state index in [0.717, 1.165) is 17.3 Å². The molecule has 0 bridgehead atoms. The summed E-state index contributed by atoms with van der Waals surface area (Å²) < 4.78 is 47.3. The summed E-state index contributed by atoms with van der Waals surface area (Å²) in [6, 6.07) is 17.5. The van der Waals surface area contributed by atoms with E-state index in [9.17, 15) is 12.8 Å². The van der Waals surface area contributed by atoms with Crippen molar-refractivity contribution in [1.29, 1.82) is 0 Å². The van der Waals surface area contributed by atoms with Gasteiger partial charge in [-0.2, -0.15) is 12.8 Å².